The van der Waals surface area contributed by atoms with Gasteiger partial charge in [-0.05, 0) is 64.7 Å². The molecule has 120 valence electrons. The highest BCUT2D eigenvalue weighted by Gasteiger charge is 2.39. The van der Waals surface area contributed by atoms with Crippen molar-refractivity contribution in [2.24, 2.45) is 0 Å². The molecule has 0 aliphatic rings. The van der Waals surface area contributed by atoms with Crippen molar-refractivity contribution in [2.45, 2.75) is 71.6 Å². The van der Waals surface area contributed by atoms with Gasteiger partial charge < -0.3 is 13.0 Å². The highest BCUT2D eigenvalue weighted by molar-refractivity contribution is 6.87. The van der Waals surface area contributed by atoms with E-state index in [0.717, 1.165) is 18.9 Å². The molecule has 0 heterocycles. The highest BCUT2D eigenvalue weighted by atomic mass is 28.5. The van der Waals surface area contributed by atoms with Gasteiger partial charge in [-0.25, -0.2) is 0 Å². The van der Waals surface area contributed by atoms with E-state index in [1.54, 1.807) is 0 Å². The molecule has 0 amide bonds. The summed E-state index contributed by atoms with van der Waals surface area (Å²) in [5.74, 6) is -0.207. The van der Waals surface area contributed by atoms with E-state index in [0.29, 0.717) is 6.61 Å². The van der Waals surface area contributed by atoms with Gasteiger partial charge in [0.25, 0.3) is 0 Å². The molecule has 20 heavy (non-hydrogen) atoms. The molecule has 7 heteroatoms. The van der Waals surface area contributed by atoms with Gasteiger partial charge in [-0.2, -0.15) is 0 Å². The Morgan fingerprint density at radius 3 is 1.65 bits per heavy atom. The minimum Gasteiger partial charge on any atom is -0.466 e. The van der Waals surface area contributed by atoms with Crippen molar-refractivity contribution in [2.75, 3.05) is 6.61 Å². The highest BCUT2D eigenvalue weighted by Crippen LogP contribution is 2.25. The lowest BCUT2D eigenvalue weighted by atomic mass is 10.4. The van der Waals surface area contributed by atoms with Crippen LogP contribution in [0.1, 0.15) is 19.8 Å². The van der Waals surface area contributed by atoms with E-state index < -0.39 is 25.2 Å². The molecular weight excluding hydrogens is 304 g/mol. The molecule has 0 rings (SSSR count). The van der Waals surface area contributed by atoms with Crippen LogP contribution in [-0.2, 0) is 17.8 Å². The fourth-order valence-corrected chi connectivity index (χ4v) is 14.8. The summed E-state index contributed by atoms with van der Waals surface area (Å²) in [6, 6.07) is 0.975. The number of ether oxygens (including phenoxy) is 1. The predicted molar refractivity (Wildman–Crippen MR) is 91.2 cm³/mol. The Balaban J connectivity index is 4.43. The van der Waals surface area contributed by atoms with Crippen LogP contribution in [0.15, 0.2) is 0 Å². The van der Waals surface area contributed by atoms with Gasteiger partial charge in [0.2, 0.25) is 0 Å². The summed E-state index contributed by atoms with van der Waals surface area (Å²) in [4.78, 5) is 10.7. The molecule has 0 unspecified atom stereocenters. The minimum absolute atomic E-state index is 0.207. The molecule has 0 aliphatic carbocycles. The van der Waals surface area contributed by atoms with Crippen molar-refractivity contribution in [3.8, 4) is 0 Å². The first-order valence-electron chi connectivity index (χ1n) is 7.37. The Labute approximate surface area is 127 Å². The lowest BCUT2D eigenvalue weighted by Gasteiger charge is -2.38. The van der Waals surface area contributed by atoms with E-state index in [1.807, 2.05) is 0 Å². The van der Waals surface area contributed by atoms with Crippen molar-refractivity contribution >= 4 is 31.2 Å². The maximum absolute atomic E-state index is 10.7. The zero-order chi connectivity index (χ0) is 16.0. The molecule has 0 N–H and O–H groups in total. The van der Waals surface area contributed by atoms with Crippen molar-refractivity contribution in [1.82, 2.24) is 0 Å². The van der Waals surface area contributed by atoms with E-state index in [1.165, 1.54) is 6.92 Å². The Bertz CT molecular complexity index is 292. The molecule has 0 spiro atoms. The molecule has 0 fully saturated rings. The smallest absolute Gasteiger partial charge is 0.314 e. The van der Waals surface area contributed by atoms with E-state index >= 15 is 0 Å². The van der Waals surface area contributed by atoms with Gasteiger partial charge in [-0.1, -0.05) is 0 Å². The third-order valence-corrected chi connectivity index (χ3v) is 12.0. The van der Waals surface area contributed by atoms with Crippen LogP contribution in [0.5, 0.6) is 0 Å². The number of carbonyl (C=O) groups is 1. The Kier molecular flexibility index (Phi) is 7.90. The average Bonchev–Trinajstić information content (AvgIpc) is 2.09. The summed E-state index contributed by atoms with van der Waals surface area (Å²) in [5.41, 5.74) is 0. The lowest BCUT2D eigenvalue weighted by Crippen LogP contribution is -2.52. The summed E-state index contributed by atoms with van der Waals surface area (Å²) in [6.07, 6.45) is 1.87. The van der Waals surface area contributed by atoms with Crippen LogP contribution in [0, 0.1) is 0 Å². The quantitative estimate of drug-likeness (QED) is 0.361. The maximum atomic E-state index is 10.7. The Hall–Kier alpha value is 0.0406. The van der Waals surface area contributed by atoms with E-state index in [-0.39, 0.29) is 5.97 Å². The average molecular weight is 337 g/mol. The fourth-order valence-electron chi connectivity index (χ4n) is 2.18. The van der Waals surface area contributed by atoms with Crippen LogP contribution >= 0.6 is 0 Å². The molecule has 0 atom stereocenters. The molecule has 0 radical (unpaired) electrons. The maximum Gasteiger partial charge on any atom is 0.314 e. The standard InChI is InChI=1S/C13H32O4Si3/c1-13(14)15-11-9-10-12-20(8,16-18(2,3)4)17-19(5,6)7/h9-12H2,1-8H3. The topological polar surface area (TPSA) is 44.8 Å². The zero-order valence-corrected chi connectivity index (χ0v) is 17.5. The van der Waals surface area contributed by atoms with Crippen molar-refractivity contribution in [3.63, 3.8) is 0 Å². The van der Waals surface area contributed by atoms with Gasteiger partial charge in [-0.15, -0.1) is 0 Å². The van der Waals surface area contributed by atoms with Gasteiger partial charge in [0, 0.05) is 6.92 Å². The van der Waals surface area contributed by atoms with Crippen LogP contribution in [0.3, 0.4) is 0 Å². The largest absolute Gasteiger partial charge is 0.466 e. The molecular formula is C13H32O4Si3. The van der Waals surface area contributed by atoms with E-state index in [9.17, 15) is 4.79 Å². The van der Waals surface area contributed by atoms with E-state index in [2.05, 4.69) is 45.8 Å². The molecule has 0 aromatic heterocycles. The summed E-state index contributed by atoms with van der Waals surface area (Å²) in [6.45, 7) is 17.4. The van der Waals surface area contributed by atoms with Crippen molar-refractivity contribution in [1.29, 1.82) is 0 Å². The second kappa shape index (κ2) is 7.88. The van der Waals surface area contributed by atoms with Crippen LogP contribution in [0.4, 0.5) is 0 Å². The van der Waals surface area contributed by atoms with Crippen molar-refractivity contribution < 1.29 is 17.8 Å². The van der Waals surface area contributed by atoms with Crippen LogP contribution in [-0.4, -0.2) is 37.8 Å². The summed E-state index contributed by atoms with van der Waals surface area (Å²) in [7, 11) is -5.32. The van der Waals surface area contributed by atoms with Gasteiger partial charge >= 0.3 is 14.5 Å². The van der Waals surface area contributed by atoms with Crippen LogP contribution < -0.4 is 0 Å². The van der Waals surface area contributed by atoms with Crippen molar-refractivity contribution in [3.05, 3.63) is 0 Å². The van der Waals surface area contributed by atoms with E-state index in [4.69, 9.17) is 13.0 Å². The van der Waals surface area contributed by atoms with Gasteiger partial charge in [0.15, 0.2) is 16.6 Å². The molecule has 0 aromatic carbocycles. The first kappa shape index (κ1) is 20.0. The van der Waals surface area contributed by atoms with Gasteiger partial charge in [-0.3, -0.25) is 4.79 Å². The first-order valence-corrected chi connectivity index (χ1v) is 16.7. The second-order valence-electron chi connectivity index (χ2n) is 7.36. The molecule has 0 aromatic rings. The molecule has 0 aliphatic heterocycles. The predicted octanol–water partition coefficient (Wildman–Crippen LogP) is 4.10. The third-order valence-electron chi connectivity index (χ3n) is 2.37. The molecule has 0 saturated heterocycles. The lowest BCUT2D eigenvalue weighted by molar-refractivity contribution is -0.141. The summed E-state index contributed by atoms with van der Waals surface area (Å²) < 4.78 is 17.8. The third kappa shape index (κ3) is 11.8. The Morgan fingerprint density at radius 2 is 1.30 bits per heavy atom. The number of hydrogen-bond donors (Lipinski definition) is 0. The first-order chi connectivity index (χ1) is 8.83. The van der Waals surface area contributed by atoms with Gasteiger partial charge in [0.1, 0.15) is 0 Å². The van der Waals surface area contributed by atoms with Crippen LogP contribution in [0.25, 0.3) is 0 Å². The molecule has 0 bridgehead atoms. The Morgan fingerprint density at radius 1 is 0.850 bits per heavy atom. The van der Waals surface area contributed by atoms with Gasteiger partial charge in [0.05, 0.1) is 6.61 Å². The number of hydrogen-bond acceptors (Lipinski definition) is 4. The molecule has 0 saturated carbocycles. The minimum atomic E-state index is -2.11. The number of unbranched alkanes of at least 4 members (excludes halogenated alkanes) is 1. The van der Waals surface area contributed by atoms with Crippen LogP contribution in [0.2, 0.25) is 51.9 Å². The monoisotopic (exact) mass is 336 g/mol. The number of carbonyl (C=O) groups excluding carboxylic acids is 1. The summed E-state index contributed by atoms with van der Waals surface area (Å²) in [5, 5.41) is 0. The fraction of sp³-hybridized carbons (Fsp3) is 0.923. The molecule has 4 nitrogen and oxygen atoms in total. The zero-order valence-electron chi connectivity index (χ0n) is 14.5. The second-order valence-corrected chi connectivity index (χ2v) is 20.2. The summed E-state index contributed by atoms with van der Waals surface area (Å²) >= 11 is 0. The number of rotatable bonds is 9. The normalized spacial score (nSPS) is 13.4. The number of esters is 1. The SMILES string of the molecule is CC(=O)OCCCC[Si](C)(O[Si](C)(C)C)O[Si](C)(C)C.